The van der Waals surface area contributed by atoms with Gasteiger partial charge in [0.25, 0.3) is 0 Å². The van der Waals surface area contributed by atoms with Gasteiger partial charge in [-0.1, -0.05) is 19.3 Å². The van der Waals surface area contributed by atoms with Crippen molar-refractivity contribution in [2.24, 2.45) is 4.99 Å². The number of aromatic hydroxyl groups is 1. The molecule has 0 bridgehead atoms. The van der Waals surface area contributed by atoms with Crippen molar-refractivity contribution in [3.8, 4) is 5.75 Å². The lowest BCUT2D eigenvalue weighted by molar-refractivity contribution is 0.354. The number of benzene rings is 1. The van der Waals surface area contributed by atoms with Gasteiger partial charge in [-0.05, 0) is 43.2 Å². The maximum Gasteiger partial charge on any atom is 0.115 e. The maximum atomic E-state index is 9.23. The zero-order valence-corrected chi connectivity index (χ0v) is 11.6. The van der Waals surface area contributed by atoms with E-state index in [2.05, 4.69) is 28.0 Å². The molecule has 1 N–H and O–H groups in total. The predicted octanol–water partition coefficient (Wildman–Crippen LogP) is 4.45. The predicted molar refractivity (Wildman–Crippen MR) is 81.9 cm³/mol. The van der Waals surface area contributed by atoms with Gasteiger partial charge in [-0.15, -0.1) is 0 Å². The normalized spacial score (nSPS) is 16.8. The molecule has 0 unspecified atom stereocenters. The molecule has 0 spiro atoms. The Morgan fingerprint density at radius 2 is 1.80 bits per heavy atom. The molecule has 3 heteroatoms. The number of aliphatic imine (C=N–C) groups is 1. The van der Waals surface area contributed by atoms with Crippen LogP contribution in [0.5, 0.6) is 5.75 Å². The van der Waals surface area contributed by atoms with E-state index in [9.17, 15) is 5.11 Å². The minimum absolute atomic E-state index is 0.271. The van der Waals surface area contributed by atoms with Gasteiger partial charge in [0.15, 0.2) is 0 Å². The number of phenolic OH excluding ortho intramolecular Hbond substituents is 1. The van der Waals surface area contributed by atoms with Crippen LogP contribution in [0, 0.1) is 0 Å². The van der Waals surface area contributed by atoms with Crippen LogP contribution in [0.3, 0.4) is 0 Å². The molecule has 3 nitrogen and oxygen atoms in total. The van der Waals surface area contributed by atoms with Crippen LogP contribution < -0.4 is 0 Å². The fourth-order valence-corrected chi connectivity index (χ4v) is 2.80. The first-order chi connectivity index (χ1) is 9.81. The van der Waals surface area contributed by atoms with Crippen LogP contribution >= 0.6 is 0 Å². The molecular weight excluding hydrogens is 248 g/mol. The second kappa shape index (κ2) is 5.95. The molecule has 0 atom stereocenters. The van der Waals surface area contributed by atoms with Crippen molar-refractivity contribution in [2.45, 2.75) is 38.1 Å². The molecular formula is C17H20N2O. The molecule has 0 radical (unpaired) electrons. The Labute approximate surface area is 119 Å². The highest BCUT2D eigenvalue weighted by Crippen LogP contribution is 2.28. The largest absolute Gasteiger partial charge is 0.508 e. The first kappa shape index (κ1) is 13.0. The summed E-state index contributed by atoms with van der Waals surface area (Å²) in [5.41, 5.74) is 1.98. The van der Waals surface area contributed by atoms with E-state index in [1.54, 1.807) is 12.1 Å². The van der Waals surface area contributed by atoms with Crippen molar-refractivity contribution < 1.29 is 5.11 Å². The Balaban J connectivity index is 1.68. The van der Waals surface area contributed by atoms with Crippen LogP contribution in [0.4, 0.5) is 5.69 Å². The summed E-state index contributed by atoms with van der Waals surface area (Å²) in [5, 5.41) is 9.23. The molecule has 1 fully saturated rings. The van der Waals surface area contributed by atoms with Crippen molar-refractivity contribution in [1.29, 1.82) is 0 Å². The summed E-state index contributed by atoms with van der Waals surface area (Å²) in [6.45, 7) is 0. The van der Waals surface area contributed by atoms with Gasteiger partial charge in [-0.25, -0.2) is 0 Å². The molecule has 1 aromatic heterocycles. The lowest BCUT2D eigenvalue weighted by Crippen LogP contribution is -2.10. The number of nitrogens with zero attached hydrogens (tertiary/aromatic N) is 2. The van der Waals surface area contributed by atoms with Crippen LogP contribution in [-0.4, -0.2) is 15.9 Å². The molecule has 1 heterocycles. The van der Waals surface area contributed by atoms with Gasteiger partial charge >= 0.3 is 0 Å². The molecule has 0 aliphatic heterocycles. The molecule has 1 aliphatic rings. The minimum Gasteiger partial charge on any atom is -0.508 e. The summed E-state index contributed by atoms with van der Waals surface area (Å²) < 4.78 is 2.33. The smallest absolute Gasteiger partial charge is 0.115 e. The molecule has 2 aromatic rings. The fraction of sp³-hybridized carbons (Fsp3) is 0.353. The lowest BCUT2D eigenvalue weighted by Gasteiger charge is -2.23. The van der Waals surface area contributed by atoms with Gasteiger partial charge in [-0.2, -0.15) is 0 Å². The molecule has 20 heavy (non-hydrogen) atoms. The first-order valence-corrected chi connectivity index (χ1v) is 7.32. The maximum absolute atomic E-state index is 9.23. The van der Waals surface area contributed by atoms with E-state index >= 15 is 0 Å². The van der Waals surface area contributed by atoms with Crippen molar-refractivity contribution in [1.82, 2.24) is 4.57 Å². The molecule has 0 amide bonds. The monoisotopic (exact) mass is 268 g/mol. The fourth-order valence-electron chi connectivity index (χ4n) is 2.80. The Morgan fingerprint density at radius 1 is 1.05 bits per heavy atom. The first-order valence-electron chi connectivity index (χ1n) is 7.32. The summed E-state index contributed by atoms with van der Waals surface area (Å²) in [6, 6.07) is 9.70. The summed E-state index contributed by atoms with van der Waals surface area (Å²) in [6.07, 6.45) is 12.9. The highest BCUT2D eigenvalue weighted by Gasteiger charge is 2.14. The Kier molecular flexibility index (Phi) is 3.86. The van der Waals surface area contributed by atoms with Crippen molar-refractivity contribution in [3.05, 3.63) is 48.3 Å². The van der Waals surface area contributed by atoms with Crippen LogP contribution in [0.25, 0.3) is 0 Å². The van der Waals surface area contributed by atoms with E-state index in [1.807, 2.05) is 18.3 Å². The average Bonchev–Trinajstić information content (AvgIpc) is 2.97. The van der Waals surface area contributed by atoms with E-state index in [-0.39, 0.29) is 5.75 Å². The summed E-state index contributed by atoms with van der Waals surface area (Å²) in [4.78, 5) is 4.43. The minimum atomic E-state index is 0.271. The van der Waals surface area contributed by atoms with Gasteiger partial charge in [0.1, 0.15) is 5.75 Å². The van der Waals surface area contributed by atoms with Crippen molar-refractivity contribution in [3.63, 3.8) is 0 Å². The number of phenols is 1. The molecule has 1 aromatic carbocycles. The van der Waals surface area contributed by atoms with Crippen molar-refractivity contribution in [2.75, 3.05) is 0 Å². The van der Waals surface area contributed by atoms with E-state index in [1.165, 1.54) is 32.1 Å². The molecule has 1 aliphatic carbocycles. The second-order valence-corrected chi connectivity index (χ2v) is 5.46. The Morgan fingerprint density at radius 3 is 2.55 bits per heavy atom. The van der Waals surface area contributed by atoms with Gasteiger partial charge in [-0.3, -0.25) is 4.99 Å². The standard InChI is InChI=1S/C17H20N2O/c20-17-8-6-15(7-9-17)18-12-14-10-11-19(13-14)16-4-2-1-3-5-16/h6-13,16,20H,1-5H2. The number of aromatic nitrogens is 1. The zero-order valence-electron chi connectivity index (χ0n) is 11.6. The molecule has 104 valence electrons. The summed E-state index contributed by atoms with van der Waals surface area (Å²) in [7, 11) is 0. The van der Waals surface area contributed by atoms with Gasteiger partial charge < -0.3 is 9.67 Å². The quantitative estimate of drug-likeness (QED) is 0.820. The van der Waals surface area contributed by atoms with Crippen molar-refractivity contribution >= 4 is 11.9 Å². The molecule has 0 saturated heterocycles. The lowest BCUT2D eigenvalue weighted by atomic mass is 9.95. The van der Waals surface area contributed by atoms with Gasteiger partial charge in [0.2, 0.25) is 0 Å². The third-order valence-corrected chi connectivity index (χ3v) is 3.95. The number of hydrogen-bond donors (Lipinski definition) is 1. The van der Waals surface area contributed by atoms with Crippen LogP contribution in [-0.2, 0) is 0 Å². The second-order valence-electron chi connectivity index (χ2n) is 5.46. The van der Waals surface area contributed by atoms with Gasteiger partial charge in [0.05, 0.1) is 5.69 Å². The SMILES string of the molecule is Oc1ccc(N=Cc2ccn(C3CCCCC3)c2)cc1. The topological polar surface area (TPSA) is 37.5 Å². The Bertz CT molecular complexity index is 577. The third-order valence-electron chi connectivity index (χ3n) is 3.95. The Hall–Kier alpha value is -2.03. The van der Waals surface area contributed by atoms with E-state index < -0.39 is 0 Å². The highest BCUT2D eigenvalue weighted by atomic mass is 16.3. The van der Waals surface area contributed by atoms with E-state index in [0.29, 0.717) is 6.04 Å². The van der Waals surface area contributed by atoms with E-state index in [4.69, 9.17) is 0 Å². The number of rotatable bonds is 3. The average molecular weight is 268 g/mol. The molecule has 3 rings (SSSR count). The van der Waals surface area contributed by atoms with Crippen LogP contribution in [0.2, 0.25) is 0 Å². The third kappa shape index (κ3) is 3.10. The summed E-state index contributed by atoms with van der Waals surface area (Å²) in [5.74, 6) is 0.271. The number of hydrogen-bond acceptors (Lipinski definition) is 2. The highest BCUT2D eigenvalue weighted by molar-refractivity contribution is 5.81. The molecule has 1 saturated carbocycles. The zero-order chi connectivity index (χ0) is 13.8. The van der Waals surface area contributed by atoms with E-state index in [0.717, 1.165) is 11.3 Å². The van der Waals surface area contributed by atoms with Crippen LogP contribution in [0.1, 0.15) is 43.7 Å². The van der Waals surface area contributed by atoms with Gasteiger partial charge in [0, 0.05) is 30.2 Å². The van der Waals surface area contributed by atoms with Crippen LogP contribution in [0.15, 0.2) is 47.7 Å². The summed E-state index contributed by atoms with van der Waals surface area (Å²) >= 11 is 0.